The molecular formula is C24H19Cl2FO3S. The van der Waals surface area contributed by atoms with Crippen LogP contribution in [0.3, 0.4) is 0 Å². The summed E-state index contributed by atoms with van der Waals surface area (Å²) in [5.41, 5.74) is 1.61. The molecule has 0 atom stereocenters. The molecule has 0 aliphatic heterocycles. The third-order valence-corrected chi connectivity index (χ3v) is 7.03. The van der Waals surface area contributed by atoms with Gasteiger partial charge in [-0.05, 0) is 66.1 Å². The molecule has 160 valence electrons. The number of allylic oxidation sites excluding steroid dienone is 1. The van der Waals surface area contributed by atoms with Gasteiger partial charge in [-0.3, -0.25) is 0 Å². The Morgan fingerprint density at radius 1 is 1.03 bits per heavy atom. The first-order chi connectivity index (χ1) is 14.7. The van der Waals surface area contributed by atoms with Gasteiger partial charge in [-0.25, -0.2) is 12.8 Å². The quantitative estimate of drug-likeness (QED) is 0.364. The fraction of sp³-hybridized carbons (Fsp3) is 0.0833. The van der Waals surface area contributed by atoms with Crippen molar-refractivity contribution < 1.29 is 17.5 Å². The maximum absolute atomic E-state index is 14.4. The van der Waals surface area contributed by atoms with Crippen LogP contribution < -0.4 is 4.74 Å². The molecule has 3 aromatic carbocycles. The lowest BCUT2D eigenvalue weighted by molar-refractivity contribution is 0.415. The number of benzene rings is 3. The van der Waals surface area contributed by atoms with E-state index < -0.39 is 15.7 Å². The molecule has 3 rings (SSSR count). The maximum atomic E-state index is 14.4. The molecule has 0 N–H and O–H groups in total. The molecule has 0 aliphatic carbocycles. The Morgan fingerprint density at radius 3 is 2.19 bits per heavy atom. The number of methoxy groups -OCH3 is 1. The van der Waals surface area contributed by atoms with Gasteiger partial charge in [0, 0.05) is 15.6 Å². The van der Waals surface area contributed by atoms with Crippen LogP contribution in [-0.4, -0.2) is 15.5 Å². The minimum Gasteiger partial charge on any atom is -0.497 e. The monoisotopic (exact) mass is 476 g/mol. The highest BCUT2D eigenvalue weighted by atomic mass is 35.5. The summed E-state index contributed by atoms with van der Waals surface area (Å²) >= 11 is 12.1. The first-order valence-corrected chi connectivity index (χ1v) is 11.4. The third kappa shape index (κ3) is 4.69. The van der Waals surface area contributed by atoms with Crippen LogP contribution in [0, 0.1) is 12.7 Å². The molecule has 0 saturated carbocycles. The Hall–Kier alpha value is -2.60. The van der Waals surface area contributed by atoms with Gasteiger partial charge in [0.2, 0.25) is 9.84 Å². The van der Waals surface area contributed by atoms with Crippen molar-refractivity contribution in [3.05, 3.63) is 111 Å². The highest BCUT2D eigenvalue weighted by Gasteiger charge is 2.26. The highest BCUT2D eigenvalue weighted by Crippen LogP contribution is 2.37. The average Bonchev–Trinajstić information content (AvgIpc) is 2.73. The van der Waals surface area contributed by atoms with Crippen LogP contribution >= 0.6 is 23.2 Å². The second-order valence-corrected chi connectivity index (χ2v) is 9.48. The van der Waals surface area contributed by atoms with Crippen LogP contribution in [0.25, 0.3) is 5.57 Å². The van der Waals surface area contributed by atoms with E-state index in [1.807, 2.05) is 0 Å². The molecule has 0 unspecified atom stereocenters. The van der Waals surface area contributed by atoms with Crippen molar-refractivity contribution in [1.29, 1.82) is 0 Å². The summed E-state index contributed by atoms with van der Waals surface area (Å²) in [7, 11) is -2.57. The Bertz CT molecular complexity index is 1260. The number of ether oxygens (including phenoxy) is 1. The highest BCUT2D eigenvalue weighted by molar-refractivity contribution is 7.95. The summed E-state index contributed by atoms with van der Waals surface area (Å²) in [4.78, 5) is -0.176. The lowest BCUT2D eigenvalue weighted by Gasteiger charge is -2.17. The second kappa shape index (κ2) is 9.27. The van der Waals surface area contributed by atoms with E-state index in [2.05, 4.69) is 6.58 Å². The van der Waals surface area contributed by atoms with Gasteiger partial charge in [0.15, 0.2) is 0 Å². The van der Waals surface area contributed by atoms with Gasteiger partial charge in [-0.1, -0.05) is 54.0 Å². The van der Waals surface area contributed by atoms with Crippen LogP contribution in [0.5, 0.6) is 5.75 Å². The van der Waals surface area contributed by atoms with Crippen LogP contribution in [0.4, 0.5) is 4.39 Å². The van der Waals surface area contributed by atoms with Gasteiger partial charge in [0.05, 0.1) is 16.9 Å². The van der Waals surface area contributed by atoms with Crippen molar-refractivity contribution in [2.75, 3.05) is 7.11 Å². The van der Waals surface area contributed by atoms with Crippen LogP contribution in [0.15, 0.2) is 83.1 Å². The predicted octanol–water partition coefficient (Wildman–Crippen LogP) is 6.87. The average molecular weight is 477 g/mol. The van der Waals surface area contributed by atoms with Gasteiger partial charge in [0.1, 0.15) is 11.6 Å². The molecule has 3 aromatic rings. The van der Waals surface area contributed by atoms with Crippen molar-refractivity contribution >= 4 is 38.6 Å². The molecule has 0 saturated heterocycles. The Kier molecular flexibility index (Phi) is 6.90. The van der Waals surface area contributed by atoms with Crippen LogP contribution in [0.2, 0.25) is 10.0 Å². The van der Waals surface area contributed by atoms with Gasteiger partial charge in [-0.15, -0.1) is 0 Å². The van der Waals surface area contributed by atoms with E-state index in [0.29, 0.717) is 28.0 Å². The first-order valence-electron chi connectivity index (χ1n) is 9.17. The van der Waals surface area contributed by atoms with Gasteiger partial charge >= 0.3 is 0 Å². The number of hydrogen-bond acceptors (Lipinski definition) is 3. The smallest absolute Gasteiger partial charge is 0.207 e. The van der Waals surface area contributed by atoms with Crippen molar-refractivity contribution in [3.8, 4) is 5.75 Å². The molecule has 7 heteroatoms. The van der Waals surface area contributed by atoms with Crippen molar-refractivity contribution in [2.45, 2.75) is 11.8 Å². The Balaban J connectivity index is 2.41. The summed E-state index contributed by atoms with van der Waals surface area (Å²) in [5, 5.41) is 0.366. The summed E-state index contributed by atoms with van der Waals surface area (Å²) in [5.74, 6) is 0.152. The van der Waals surface area contributed by atoms with Crippen LogP contribution in [-0.2, 0) is 9.84 Å². The Labute approximate surface area is 191 Å². The van der Waals surface area contributed by atoms with Gasteiger partial charge in [-0.2, -0.15) is 0 Å². The predicted molar refractivity (Wildman–Crippen MR) is 124 cm³/mol. The molecule has 0 fully saturated rings. The van der Waals surface area contributed by atoms with E-state index in [-0.39, 0.29) is 19.8 Å². The first kappa shape index (κ1) is 23.1. The minimum atomic E-state index is -4.10. The molecule has 0 heterocycles. The summed E-state index contributed by atoms with van der Waals surface area (Å²) < 4.78 is 46.8. The fourth-order valence-electron chi connectivity index (χ4n) is 3.22. The number of rotatable bonds is 6. The zero-order chi connectivity index (χ0) is 22.8. The summed E-state index contributed by atoms with van der Waals surface area (Å²) in [6.45, 7) is 5.33. The largest absolute Gasteiger partial charge is 0.497 e. The minimum absolute atomic E-state index is 0.0834. The number of sulfone groups is 1. The van der Waals surface area contributed by atoms with Crippen molar-refractivity contribution in [1.82, 2.24) is 0 Å². The third-order valence-electron chi connectivity index (χ3n) is 4.78. The molecule has 3 nitrogen and oxygen atoms in total. The van der Waals surface area contributed by atoms with Crippen molar-refractivity contribution in [3.63, 3.8) is 0 Å². The molecule has 0 bridgehead atoms. The molecule has 0 spiro atoms. The number of hydrogen-bond donors (Lipinski definition) is 0. The lowest BCUT2D eigenvalue weighted by Crippen LogP contribution is -2.08. The normalized spacial score (nSPS) is 12.3. The van der Waals surface area contributed by atoms with Gasteiger partial charge < -0.3 is 4.74 Å². The molecule has 0 radical (unpaired) electrons. The second-order valence-electron chi connectivity index (χ2n) is 6.69. The molecule has 0 aromatic heterocycles. The zero-order valence-electron chi connectivity index (χ0n) is 16.8. The van der Waals surface area contributed by atoms with E-state index in [0.717, 1.165) is 0 Å². The maximum Gasteiger partial charge on any atom is 0.207 e. The summed E-state index contributed by atoms with van der Waals surface area (Å²) in [6.07, 6.45) is 1.24. The molecular weight excluding hydrogens is 458 g/mol. The standard InChI is InChI=1S/C24H19Cl2FO3S/c1-4-23(31(28,29)20-13-17(25)12-18(26)14-20)24(16-8-10-19(30-3)11-9-16)21-6-5-7-22(27)15(21)2/h4-14H,1H2,2-3H3/b24-23+. The van der Waals surface area contributed by atoms with Gasteiger partial charge in [0.25, 0.3) is 0 Å². The van der Waals surface area contributed by atoms with Crippen LogP contribution in [0.1, 0.15) is 16.7 Å². The van der Waals surface area contributed by atoms with E-state index in [1.165, 1.54) is 43.5 Å². The molecule has 31 heavy (non-hydrogen) atoms. The zero-order valence-corrected chi connectivity index (χ0v) is 19.2. The lowest BCUT2D eigenvalue weighted by atomic mass is 9.93. The van der Waals surface area contributed by atoms with E-state index in [9.17, 15) is 12.8 Å². The topological polar surface area (TPSA) is 43.4 Å². The molecule has 0 aliphatic rings. The molecule has 0 amide bonds. The van der Waals surface area contributed by atoms with E-state index in [1.54, 1.807) is 37.3 Å². The number of halogens is 3. The van der Waals surface area contributed by atoms with E-state index in [4.69, 9.17) is 27.9 Å². The fourth-order valence-corrected chi connectivity index (χ4v) is 5.41. The summed E-state index contributed by atoms with van der Waals surface area (Å²) in [6, 6.07) is 15.4. The van der Waals surface area contributed by atoms with E-state index >= 15 is 0 Å². The Morgan fingerprint density at radius 2 is 1.65 bits per heavy atom. The SMILES string of the molecule is C=C/C(=C(/c1ccc(OC)cc1)c1cccc(F)c1C)S(=O)(=O)c1cc(Cl)cc(Cl)c1. The van der Waals surface area contributed by atoms with Crippen molar-refractivity contribution in [2.24, 2.45) is 0 Å².